The third kappa shape index (κ3) is 7.18. The second-order valence-corrected chi connectivity index (χ2v) is 9.15. The predicted octanol–water partition coefficient (Wildman–Crippen LogP) is 7.46. The molecule has 1 aromatic rings. The number of aryl methyl sites for hydroxylation is 1. The van der Waals surface area contributed by atoms with Crippen LogP contribution in [0, 0.1) is 24.7 Å². The molecule has 1 atom stereocenters. The average molecular weight is 385 g/mol. The lowest BCUT2D eigenvalue weighted by molar-refractivity contribution is 0.156. The number of hydrogen-bond acceptors (Lipinski definition) is 2. The summed E-state index contributed by atoms with van der Waals surface area (Å²) in [4.78, 5) is 0. The van der Waals surface area contributed by atoms with Crippen LogP contribution >= 0.6 is 0 Å². The van der Waals surface area contributed by atoms with Gasteiger partial charge in [0.15, 0.2) is 0 Å². The van der Waals surface area contributed by atoms with Gasteiger partial charge in [0, 0.05) is 6.42 Å². The normalized spacial score (nSPS) is 25.2. The maximum atomic E-state index is 6.05. The van der Waals surface area contributed by atoms with Crippen molar-refractivity contribution < 1.29 is 9.47 Å². The highest BCUT2D eigenvalue weighted by molar-refractivity contribution is 5.26. The summed E-state index contributed by atoms with van der Waals surface area (Å²) in [5.74, 6) is 5.12. The molecule has 1 saturated carbocycles. The first-order valence-corrected chi connectivity index (χ1v) is 11.7. The van der Waals surface area contributed by atoms with Crippen LogP contribution < -0.4 is 4.74 Å². The Labute approximate surface area is 172 Å². The molecule has 2 aliphatic carbocycles. The fraction of sp³-hybridized carbons (Fsp3) is 0.692. The fourth-order valence-corrected chi connectivity index (χ4v) is 4.73. The summed E-state index contributed by atoms with van der Waals surface area (Å²) >= 11 is 0. The molecule has 156 valence electrons. The molecule has 0 aliphatic heterocycles. The van der Waals surface area contributed by atoms with E-state index in [0.717, 1.165) is 49.6 Å². The van der Waals surface area contributed by atoms with Crippen molar-refractivity contribution in [1.82, 2.24) is 0 Å². The highest BCUT2D eigenvalue weighted by Gasteiger charge is 2.27. The van der Waals surface area contributed by atoms with Crippen LogP contribution in [0.4, 0.5) is 0 Å². The Morgan fingerprint density at radius 2 is 1.46 bits per heavy atom. The molecule has 0 saturated heterocycles. The number of unbranched alkanes of at least 4 members (excludes halogenated alkanes) is 3. The van der Waals surface area contributed by atoms with Gasteiger partial charge in [-0.1, -0.05) is 37.5 Å². The van der Waals surface area contributed by atoms with Gasteiger partial charge in [-0.2, -0.15) is 0 Å². The van der Waals surface area contributed by atoms with Gasteiger partial charge in [0.25, 0.3) is 0 Å². The Balaban J connectivity index is 1.19. The molecule has 0 aromatic heterocycles. The van der Waals surface area contributed by atoms with Crippen molar-refractivity contribution in [2.24, 2.45) is 17.8 Å². The van der Waals surface area contributed by atoms with E-state index < -0.39 is 0 Å². The third-order valence-corrected chi connectivity index (χ3v) is 6.75. The van der Waals surface area contributed by atoms with Gasteiger partial charge < -0.3 is 9.47 Å². The second kappa shape index (κ2) is 11.5. The summed E-state index contributed by atoms with van der Waals surface area (Å²) in [6.45, 7) is 6.22. The molecule has 1 fully saturated rings. The van der Waals surface area contributed by atoms with E-state index in [-0.39, 0.29) is 0 Å². The van der Waals surface area contributed by atoms with Gasteiger partial charge in [-0.15, -0.1) is 0 Å². The van der Waals surface area contributed by atoms with Gasteiger partial charge in [-0.25, -0.2) is 0 Å². The molecule has 0 bridgehead atoms. The largest absolute Gasteiger partial charge is 0.498 e. The number of allylic oxidation sites excluding steroid dienone is 2. The minimum absolute atomic E-state index is 0.816. The van der Waals surface area contributed by atoms with E-state index in [1.165, 1.54) is 69.1 Å². The van der Waals surface area contributed by atoms with Crippen LogP contribution in [0.15, 0.2) is 36.1 Å². The molecule has 2 nitrogen and oxygen atoms in total. The summed E-state index contributed by atoms with van der Waals surface area (Å²) in [6, 6.07) is 8.32. The van der Waals surface area contributed by atoms with Crippen molar-refractivity contribution in [3.63, 3.8) is 0 Å². The van der Waals surface area contributed by atoms with Crippen LogP contribution in [0.25, 0.3) is 0 Å². The van der Waals surface area contributed by atoms with Crippen molar-refractivity contribution in [2.45, 2.75) is 84.5 Å². The average Bonchev–Trinajstić information content (AvgIpc) is 2.72. The standard InChI is InChI=1S/C26H40O2/c1-21-7-11-23(12-8-21)24-13-17-26(18-14-24)28-20-6-4-3-5-19-27-25-15-9-22(2)10-16-25/h9-10,15-17,21,23-24H,3-8,11-14,18-20H2,1-2H3. The van der Waals surface area contributed by atoms with Gasteiger partial charge in [-0.05, 0) is 94.3 Å². The Morgan fingerprint density at radius 3 is 2.11 bits per heavy atom. The molecule has 0 amide bonds. The summed E-state index contributed by atoms with van der Waals surface area (Å²) in [7, 11) is 0. The molecular weight excluding hydrogens is 344 g/mol. The highest BCUT2D eigenvalue weighted by atomic mass is 16.5. The molecular formula is C26H40O2. The minimum atomic E-state index is 0.816. The van der Waals surface area contributed by atoms with E-state index >= 15 is 0 Å². The fourth-order valence-electron chi connectivity index (χ4n) is 4.73. The second-order valence-electron chi connectivity index (χ2n) is 9.15. The minimum Gasteiger partial charge on any atom is -0.498 e. The molecule has 0 heterocycles. The zero-order valence-corrected chi connectivity index (χ0v) is 18.1. The molecule has 2 heteroatoms. The van der Waals surface area contributed by atoms with Crippen LogP contribution in [0.3, 0.4) is 0 Å². The number of hydrogen-bond donors (Lipinski definition) is 0. The van der Waals surface area contributed by atoms with Gasteiger partial charge >= 0.3 is 0 Å². The first-order chi connectivity index (χ1) is 13.7. The van der Waals surface area contributed by atoms with E-state index in [1.54, 1.807) is 0 Å². The molecule has 3 rings (SSSR count). The lowest BCUT2D eigenvalue weighted by Crippen LogP contribution is -2.22. The maximum Gasteiger partial charge on any atom is 0.119 e. The molecule has 1 unspecified atom stereocenters. The van der Waals surface area contributed by atoms with Crippen LogP contribution in [-0.2, 0) is 4.74 Å². The van der Waals surface area contributed by atoms with Gasteiger partial charge in [-0.3, -0.25) is 0 Å². The van der Waals surface area contributed by atoms with Crippen molar-refractivity contribution in [3.05, 3.63) is 41.7 Å². The Bertz CT molecular complexity index is 581. The summed E-state index contributed by atoms with van der Waals surface area (Å²) in [6.07, 6.45) is 16.7. The number of benzene rings is 1. The highest BCUT2D eigenvalue weighted by Crippen LogP contribution is 2.39. The van der Waals surface area contributed by atoms with E-state index in [4.69, 9.17) is 9.47 Å². The summed E-state index contributed by atoms with van der Waals surface area (Å²) in [5, 5.41) is 0. The van der Waals surface area contributed by atoms with Crippen LogP contribution in [0.2, 0.25) is 0 Å². The van der Waals surface area contributed by atoms with Gasteiger partial charge in [0.2, 0.25) is 0 Å². The van der Waals surface area contributed by atoms with E-state index in [1.807, 2.05) is 0 Å². The van der Waals surface area contributed by atoms with Crippen molar-refractivity contribution in [2.75, 3.05) is 13.2 Å². The maximum absolute atomic E-state index is 6.05. The van der Waals surface area contributed by atoms with Gasteiger partial charge in [0.1, 0.15) is 5.75 Å². The molecule has 1 aromatic carbocycles. The first kappa shape index (κ1) is 21.3. The molecule has 0 radical (unpaired) electrons. The quantitative estimate of drug-likeness (QED) is 0.390. The van der Waals surface area contributed by atoms with E-state index in [9.17, 15) is 0 Å². The van der Waals surface area contributed by atoms with Crippen LogP contribution in [0.5, 0.6) is 5.75 Å². The zero-order chi connectivity index (χ0) is 19.6. The molecule has 2 aliphatic rings. The van der Waals surface area contributed by atoms with Gasteiger partial charge in [0.05, 0.1) is 19.0 Å². The third-order valence-electron chi connectivity index (χ3n) is 6.75. The Kier molecular flexibility index (Phi) is 8.76. The van der Waals surface area contributed by atoms with Crippen molar-refractivity contribution in [3.8, 4) is 5.75 Å². The lowest BCUT2D eigenvalue weighted by Gasteiger charge is -2.34. The Morgan fingerprint density at radius 1 is 0.786 bits per heavy atom. The smallest absolute Gasteiger partial charge is 0.119 e. The molecule has 28 heavy (non-hydrogen) atoms. The van der Waals surface area contributed by atoms with Crippen molar-refractivity contribution >= 4 is 0 Å². The molecule has 0 spiro atoms. The van der Waals surface area contributed by atoms with Crippen molar-refractivity contribution in [1.29, 1.82) is 0 Å². The monoisotopic (exact) mass is 384 g/mol. The topological polar surface area (TPSA) is 18.5 Å². The van der Waals surface area contributed by atoms with Crippen LogP contribution in [-0.4, -0.2) is 13.2 Å². The molecule has 0 N–H and O–H groups in total. The first-order valence-electron chi connectivity index (χ1n) is 11.7. The van der Waals surface area contributed by atoms with E-state index in [0.29, 0.717) is 0 Å². The summed E-state index contributed by atoms with van der Waals surface area (Å²) < 4.78 is 11.8. The SMILES string of the molecule is Cc1ccc(OCCCCCCOC2=CCC(C3CCC(C)CC3)CC2)cc1. The predicted molar refractivity (Wildman–Crippen MR) is 118 cm³/mol. The zero-order valence-electron chi connectivity index (χ0n) is 18.1. The lowest BCUT2D eigenvalue weighted by atomic mass is 9.72. The summed E-state index contributed by atoms with van der Waals surface area (Å²) in [5.41, 5.74) is 1.28. The van der Waals surface area contributed by atoms with E-state index in [2.05, 4.69) is 44.2 Å². The number of ether oxygens (including phenoxy) is 2. The van der Waals surface area contributed by atoms with Crippen LogP contribution in [0.1, 0.15) is 83.1 Å². The number of rotatable bonds is 10. The Hall–Kier alpha value is -1.44.